The Bertz CT molecular complexity index is 468. The van der Waals surface area contributed by atoms with Gasteiger partial charge in [-0.1, -0.05) is 36.9 Å². The summed E-state index contributed by atoms with van der Waals surface area (Å²) < 4.78 is 0. The number of nitrogens with zero attached hydrogens (tertiary/aromatic N) is 2. The van der Waals surface area contributed by atoms with Crippen molar-refractivity contribution in [1.82, 2.24) is 5.01 Å². The van der Waals surface area contributed by atoms with Crippen LogP contribution in [0.2, 0.25) is 0 Å². The van der Waals surface area contributed by atoms with Crippen LogP contribution in [0, 0.1) is 0 Å². The highest BCUT2D eigenvalue weighted by Gasteiger charge is 2.27. The Morgan fingerprint density at radius 3 is 2.78 bits per heavy atom. The summed E-state index contributed by atoms with van der Waals surface area (Å²) in [6.45, 7) is 3.38. The summed E-state index contributed by atoms with van der Waals surface area (Å²) in [6, 6.07) is 9.81. The molecule has 18 heavy (non-hydrogen) atoms. The van der Waals surface area contributed by atoms with Gasteiger partial charge in [0, 0.05) is 25.5 Å². The summed E-state index contributed by atoms with van der Waals surface area (Å²) in [4.78, 5) is 12.0. The zero-order valence-electron chi connectivity index (χ0n) is 10.1. The second kappa shape index (κ2) is 5.49. The molecule has 0 fully saturated rings. The van der Waals surface area contributed by atoms with E-state index in [2.05, 4.69) is 11.7 Å². The van der Waals surface area contributed by atoms with Crippen molar-refractivity contribution in [1.29, 1.82) is 0 Å². The fourth-order valence-corrected chi connectivity index (χ4v) is 1.97. The second-order valence-electron chi connectivity index (χ2n) is 4.26. The van der Waals surface area contributed by atoms with Crippen molar-refractivity contribution < 1.29 is 9.90 Å². The number of amides is 1. The molecule has 0 aliphatic carbocycles. The molecule has 0 radical (unpaired) electrons. The molecule has 2 rings (SSSR count). The lowest BCUT2D eigenvalue weighted by molar-refractivity contribution is -0.133. The Hall–Kier alpha value is -2.10. The van der Waals surface area contributed by atoms with Gasteiger partial charge in [-0.25, -0.2) is 5.01 Å². The number of allylic oxidation sites excluding steroid dienone is 1. The van der Waals surface area contributed by atoms with E-state index >= 15 is 0 Å². The van der Waals surface area contributed by atoms with Crippen molar-refractivity contribution in [2.75, 3.05) is 0 Å². The average Bonchev–Trinajstić information content (AvgIpc) is 2.86. The van der Waals surface area contributed by atoms with Crippen LogP contribution in [-0.2, 0) is 4.79 Å². The summed E-state index contributed by atoms with van der Waals surface area (Å²) in [5.41, 5.74) is 1.08. The number of carbonyl (C=O) groups is 1. The first-order valence-electron chi connectivity index (χ1n) is 5.94. The van der Waals surface area contributed by atoms with Crippen LogP contribution in [0.1, 0.15) is 30.9 Å². The quantitative estimate of drug-likeness (QED) is 0.828. The van der Waals surface area contributed by atoms with E-state index in [0.29, 0.717) is 0 Å². The number of aliphatic hydroxyl groups excluding tert-OH is 1. The minimum Gasteiger partial charge on any atom is -0.513 e. The minimum absolute atomic E-state index is 0.0225. The van der Waals surface area contributed by atoms with Crippen LogP contribution < -0.4 is 0 Å². The van der Waals surface area contributed by atoms with Crippen LogP contribution in [0.25, 0.3) is 0 Å². The first-order chi connectivity index (χ1) is 8.68. The maximum absolute atomic E-state index is 12.0. The average molecular weight is 244 g/mol. The number of benzene rings is 1. The van der Waals surface area contributed by atoms with E-state index in [1.807, 2.05) is 30.3 Å². The maximum Gasteiger partial charge on any atom is 0.243 e. The molecule has 0 saturated carbocycles. The van der Waals surface area contributed by atoms with Gasteiger partial charge in [0.05, 0.1) is 11.8 Å². The Morgan fingerprint density at radius 1 is 1.39 bits per heavy atom. The molecule has 0 saturated heterocycles. The van der Waals surface area contributed by atoms with Gasteiger partial charge in [0.1, 0.15) is 0 Å². The highest BCUT2D eigenvalue weighted by atomic mass is 16.3. The van der Waals surface area contributed by atoms with Gasteiger partial charge in [0.15, 0.2) is 0 Å². The van der Waals surface area contributed by atoms with Gasteiger partial charge in [0.25, 0.3) is 0 Å². The number of carbonyl (C=O) groups excluding carboxylic acids is 1. The zero-order valence-corrected chi connectivity index (χ0v) is 10.1. The van der Waals surface area contributed by atoms with Gasteiger partial charge >= 0.3 is 0 Å². The molecule has 1 aromatic rings. The number of aliphatic hydroxyl groups is 1. The molecule has 4 heteroatoms. The lowest BCUT2D eigenvalue weighted by Crippen LogP contribution is -2.26. The highest BCUT2D eigenvalue weighted by molar-refractivity contribution is 5.80. The van der Waals surface area contributed by atoms with E-state index < -0.39 is 0 Å². The predicted octanol–water partition coefficient (Wildman–Crippen LogP) is 2.80. The summed E-state index contributed by atoms with van der Waals surface area (Å²) in [5, 5.41) is 14.6. The Balaban J connectivity index is 2.05. The Morgan fingerprint density at radius 2 is 2.11 bits per heavy atom. The molecular formula is C14H16N2O2. The zero-order chi connectivity index (χ0) is 13.0. The molecule has 1 aromatic carbocycles. The normalized spacial score (nSPS) is 18.0. The van der Waals surface area contributed by atoms with E-state index in [1.54, 1.807) is 6.21 Å². The summed E-state index contributed by atoms with van der Waals surface area (Å²) in [5.74, 6) is -0.0596. The van der Waals surface area contributed by atoms with Crippen LogP contribution in [0.4, 0.5) is 0 Å². The third-order valence-electron chi connectivity index (χ3n) is 2.90. The van der Waals surface area contributed by atoms with Gasteiger partial charge in [0.2, 0.25) is 5.91 Å². The standard InChI is InChI=1S/C14H16N2O2/c1-11(17)7-8-14(18)16-13(9-10-15-16)12-5-3-2-4-6-12/h2-6,10,13,17H,1,7-9H2. The van der Waals surface area contributed by atoms with Crippen molar-refractivity contribution in [2.24, 2.45) is 5.10 Å². The minimum atomic E-state index is -0.0900. The molecule has 1 atom stereocenters. The molecule has 1 aliphatic rings. The van der Waals surface area contributed by atoms with Crippen molar-refractivity contribution >= 4 is 12.1 Å². The van der Waals surface area contributed by atoms with E-state index in [-0.39, 0.29) is 30.5 Å². The van der Waals surface area contributed by atoms with Crippen molar-refractivity contribution in [3.8, 4) is 0 Å². The first kappa shape index (κ1) is 12.4. The number of rotatable bonds is 4. The molecule has 4 nitrogen and oxygen atoms in total. The van der Waals surface area contributed by atoms with E-state index in [4.69, 9.17) is 5.11 Å². The molecule has 0 aromatic heterocycles. The van der Waals surface area contributed by atoms with Crippen molar-refractivity contribution in [3.63, 3.8) is 0 Å². The summed E-state index contributed by atoms with van der Waals surface area (Å²) in [6.07, 6.45) is 3.00. The predicted molar refractivity (Wildman–Crippen MR) is 70.1 cm³/mol. The topological polar surface area (TPSA) is 52.9 Å². The maximum atomic E-state index is 12.0. The molecule has 1 aliphatic heterocycles. The van der Waals surface area contributed by atoms with Crippen LogP contribution in [0.5, 0.6) is 0 Å². The van der Waals surface area contributed by atoms with Crippen LogP contribution in [-0.4, -0.2) is 22.2 Å². The molecule has 94 valence electrons. The third-order valence-corrected chi connectivity index (χ3v) is 2.90. The number of hydrogen-bond donors (Lipinski definition) is 1. The monoisotopic (exact) mass is 244 g/mol. The smallest absolute Gasteiger partial charge is 0.243 e. The van der Waals surface area contributed by atoms with Gasteiger partial charge in [-0.2, -0.15) is 5.10 Å². The largest absolute Gasteiger partial charge is 0.513 e. The van der Waals surface area contributed by atoms with Gasteiger partial charge in [-0.15, -0.1) is 0 Å². The molecule has 1 amide bonds. The van der Waals surface area contributed by atoms with Crippen LogP contribution >= 0.6 is 0 Å². The molecular weight excluding hydrogens is 228 g/mol. The van der Waals surface area contributed by atoms with E-state index in [0.717, 1.165) is 12.0 Å². The Labute approximate surface area is 106 Å². The molecule has 0 spiro atoms. The van der Waals surface area contributed by atoms with Gasteiger partial charge < -0.3 is 5.11 Å². The van der Waals surface area contributed by atoms with E-state index in [9.17, 15) is 4.79 Å². The molecule has 1 heterocycles. The van der Waals surface area contributed by atoms with Crippen LogP contribution in [0.3, 0.4) is 0 Å². The van der Waals surface area contributed by atoms with E-state index in [1.165, 1.54) is 5.01 Å². The lowest BCUT2D eigenvalue weighted by Gasteiger charge is -2.22. The Kier molecular flexibility index (Phi) is 3.77. The van der Waals surface area contributed by atoms with Gasteiger partial charge in [-0.3, -0.25) is 4.79 Å². The molecule has 1 unspecified atom stereocenters. The fourth-order valence-electron chi connectivity index (χ4n) is 1.97. The van der Waals surface area contributed by atoms with Gasteiger partial charge in [-0.05, 0) is 5.56 Å². The second-order valence-corrected chi connectivity index (χ2v) is 4.26. The first-order valence-corrected chi connectivity index (χ1v) is 5.94. The molecule has 1 N–H and O–H groups in total. The van der Waals surface area contributed by atoms with Crippen molar-refractivity contribution in [2.45, 2.75) is 25.3 Å². The summed E-state index contributed by atoms with van der Waals surface area (Å²) >= 11 is 0. The summed E-state index contributed by atoms with van der Waals surface area (Å²) in [7, 11) is 0. The highest BCUT2D eigenvalue weighted by Crippen LogP contribution is 2.28. The fraction of sp³-hybridized carbons (Fsp3) is 0.286. The lowest BCUT2D eigenvalue weighted by atomic mass is 10.0. The molecule has 0 bridgehead atoms. The van der Waals surface area contributed by atoms with Crippen LogP contribution in [0.15, 0.2) is 47.8 Å². The third kappa shape index (κ3) is 2.77. The van der Waals surface area contributed by atoms with Crippen molar-refractivity contribution in [3.05, 3.63) is 48.2 Å². The number of hydrazone groups is 1. The number of hydrogen-bond acceptors (Lipinski definition) is 3. The SMILES string of the molecule is C=C(O)CCC(=O)N1N=CCC1c1ccccc1.